The normalized spacial score (nSPS) is 12.9. The number of methoxy groups -OCH3 is 1. The molecule has 1 N–H and O–H groups in total. The van der Waals surface area contributed by atoms with E-state index >= 15 is 0 Å². The van der Waals surface area contributed by atoms with Gasteiger partial charge in [-0.05, 0) is 50.5 Å². The van der Waals surface area contributed by atoms with E-state index in [1.54, 1.807) is 24.0 Å². The summed E-state index contributed by atoms with van der Waals surface area (Å²) in [6.45, 7) is 5.96. The quantitative estimate of drug-likeness (QED) is 0.412. The number of ether oxygens (including phenoxy) is 1. The van der Waals surface area contributed by atoms with Gasteiger partial charge in [-0.15, -0.1) is 0 Å². The van der Waals surface area contributed by atoms with Crippen LogP contribution in [0.1, 0.15) is 45.6 Å². The second-order valence-corrected chi connectivity index (χ2v) is 11.1. The molecule has 2 rings (SSSR count). The van der Waals surface area contributed by atoms with Crippen LogP contribution >= 0.6 is 11.6 Å². The number of carbonyl (C=O) groups excluding carboxylic acids is 2. The number of nitrogens with one attached hydrogen (secondary N) is 1. The highest BCUT2D eigenvalue weighted by Crippen LogP contribution is 2.30. The molecule has 0 spiro atoms. The fourth-order valence-electron chi connectivity index (χ4n) is 3.64. The van der Waals surface area contributed by atoms with E-state index in [2.05, 4.69) is 5.32 Å². The average molecular weight is 538 g/mol. The number of halogens is 1. The molecule has 198 valence electrons. The Morgan fingerprint density at radius 3 is 2.33 bits per heavy atom. The van der Waals surface area contributed by atoms with Gasteiger partial charge in [0.05, 0.1) is 24.1 Å². The molecule has 0 aliphatic heterocycles. The smallest absolute Gasteiger partial charge is 0.242 e. The van der Waals surface area contributed by atoms with E-state index in [0.717, 1.165) is 18.2 Å². The maximum absolute atomic E-state index is 13.3. The van der Waals surface area contributed by atoms with E-state index in [9.17, 15) is 18.0 Å². The number of hydrogen-bond donors (Lipinski definition) is 1. The molecule has 0 bridgehead atoms. The van der Waals surface area contributed by atoms with Crippen LogP contribution < -0.4 is 14.4 Å². The molecule has 0 saturated carbocycles. The lowest BCUT2D eigenvalue weighted by Gasteiger charge is -2.30. The van der Waals surface area contributed by atoms with Gasteiger partial charge >= 0.3 is 0 Å². The number of sulfonamides is 1. The molecule has 0 unspecified atom stereocenters. The maximum atomic E-state index is 13.3. The van der Waals surface area contributed by atoms with E-state index in [1.807, 2.05) is 44.2 Å². The molecule has 0 saturated heterocycles. The molecule has 2 amide bonds. The van der Waals surface area contributed by atoms with Crippen LogP contribution in [0.15, 0.2) is 48.5 Å². The van der Waals surface area contributed by atoms with E-state index in [0.29, 0.717) is 11.4 Å². The van der Waals surface area contributed by atoms with Crippen LogP contribution in [0.25, 0.3) is 0 Å². The third kappa shape index (κ3) is 8.41. The molecule has 0 aliphatic rings. The zero-order valence-electron chi connectivity index (χ0n) is 21.5. The molecule has 36 heavy (non-hydrogen) atoms. The predicted molar refractivity (Wildman–Crippen MR) is 144 cm³/mol. The van der Waals surface area contributed by atoms with Crippen LogP contribution in [0.2, 0.25) is 5.02 Å². The van der Waals surface area contributed by atoms with Gasteiger partial charge in [-0.1, -0.05) is 48.9 Å². The maximum Gasteiger partial charge on any atom is 0.242 e. The fourth-order valence-corrected chi connectivity index (χ4v) is 4.85. The average Bonchev–Trinajstić information content (AvgIpc) is 2.84. The summed E-state index contributed by atoms with van der Waals surface area (Å²) >= 11 is 6.19. The third-order valence-corrected chi connectivity index (χ3v) is 7.43. The molecule has 2 atom stereocenters. The van der Waals surface area contributed by atoms with E-state index < -0.39 is 16.1 Å². The molecule has 0 heterocycles. The van der Waals surface area contributed by atoms with Crippen molar-refractivity contribution in [3.63, 3.8) is 0 Å². The summed E-state index contributed by atoms with van der Waals surface area (Å²) in [7, 11) is -2.14. The van der Waals surface area contributed by atoms with Gasteiger partial charge in [0.1, 0.15) is 11.8 Å². The second kappa shape index (κ2) is 13.5. The van der Waals surface area contributed by atoms with Crippen molar-refractivity contribution in [1.29, 1.82) is 0 Å². The van der Waals surface area contributed by atoms with Crippen LogP contribution in [0, 0.1) is 0 Å². The molecule has 0 fully saturated rings. The van der Waals surface area contributed by atoms with Gasteiger partial charge in [-0.2, -0.15) is 0 Å². The summed E-state index contributed by atoms with van der Waals surface area (Å²) in [5.74, 6) is -0.0172. The zero-order chi connectivity index (χ0) is 26.9. The zero-order valence-corrected chi connectivity index (χ0v) is 23.1. The van der Waals surface area contributed by atoms with Crippen molar-refractivity contribution < 1.29 is 22.7 Å². The van der Waals surface area contributed by atoms with Gasteiger partial charge in [0.15, 0.2) is 0 Å². The fraction of sp³-hybridized carbons (Fsp3) is 0.462. The third-order valence-electron chi connectivity index (χ3n) is 5.94. The minimum atomic E-state index is -3.62. The standard InChI is InChI=1S/C26H36ClN3O5S/c1-6-19(2)28-26(32)20(3)29(18-21-11-8-7-9-12-21)25(31)13-10-16-30(36(5,33)34)22-14-15-24(35-4)23(27)17-22/h7-9,11-12,14-15,17,19-20H,6,10,13,16,18H2,1-5H3,(H,28,32)/t19-,20-/m1/s1. The largest absolute Gasteiger partial charge is 0.495 e. The Morgan fingerprint density at radius 1 is 1.11 bits per heavy atom. The van der Waals surface area contributed by atoms with Gasteiger partial charge in [0.2, 0.25) is 21.8 Å². The van der Waals surface area contributed by atoms with Crippen LogP contribution in [0.4, 0.5) is 5.69 Å². The Kier molecular flexibility index (Phi) is 11.0. The van der Waals surface area contributed by atoms with Crippen molar-refractivity contribution in [3.05, 3.63) is 59.1 Å². The van der Waals surface area contributed by atoms with Crippen molar-refractivity contribution >= 4 is 39.1 Å². The number of anilines is 1. The number of nitrogens with zero attached hydrogens (tertiary/aromatic N) is 2. The van der Waals surface area contributed by atoms with Crippen LogP contribution in [-0.2, 0) is 26.2 Å². The Hall–Kier alpha value is -2.78. The van der Waals surface area contributed by atoms with Crippen LogP contribution in [0.3, 0.4) is 0 Å². The Labute approximate surface area is 219 Å². The van der Waals surface area contributed by atoms with Crippen molar-refractivity contribution in [2.24, 2.45) is 0 Å². The highest BCUT2D eigenvalue weighted by Gasteiger charge is 2.27. The van der Waals surface area contributed by atoms with Gasteiger partial charge < -0.3 is 15.0 Å². The highest BCUT2D eigenvalue weighted by molar-refractivity contribution is 7.92. The first-order valence-electron chi connectivity index (χ1n) is 11.9. The summed E-state index contributed by atoms with van der Waals surface area (Å²) in [6.07, 6.45) is 2.22. The molecule has 2 aromatic carbocycles. The molecule has 10 heteroatoms. The first kappa shape index (κ1) is 29.5. The van der Waals surface area contributed by atoms with E-state index in [1.165, 1.54) is 17.5 Å². The number of amides is 2. The number of rotatable bonds is 13. The second-order valence-electron chi connectivity index (χ2n) is 8.76. The Morgan fingerprint density at radius 2 is 1.78 bits per heavy atom. The highest BCUT2D eigenvalue weighted by atomic mass is 35.5. The minimum Gasteiger partial charge on any atom is -0.495 e. The van der Waals surface area contributed by atoms with Crippen molar-refractivity contribution in [2.45, 2.75) is 58.7 Å². The van der Waals surface area contributed by atoms with Crippen LogP contribution in [0.5, 0.6) is 5.75 Å². The van der Waals surface area contributed by atoms with Crippen LogP contribution in [-0.4, -0.2) is 57.1 Å². The summed E-state index contributed by atoms with van der Waals surface area (Å²) < 4.78 is 31.3. The summed E-state index contributed by atoms with van der Waals surface area (Å²) in [5.41, 5.74) is 1.29. The summed E-state index contributed by atoms with van der Waals surface area (Å²) in [4.78, 5) is 27.7. The monoisotopic (exact) mass is 537 g/mol. The lowest BCUT2D eigenvalue weighted by atomic mass is 10.1. The molecule has 0 aliphatic carbocycles. The first-order valence-corrected chi connectivity index (χ1v) is 14.2. The number of hydrogen-bond acceptors (Lipinski definition) is 5. The molecular formula is C26H36ClN3O5S. The molecule has 2 aromatic rings. The van der Waals surface area contributed by atoms with Gasteiger partial charge in [-0.25, -0.2) is 8.42 Å². The molecule has 0 aromatic heterocycles. The molecule has 8 nitrogen and oxygen atoms in total. The lowest BCUT2D eigenvalue weighted by molar-refractivity contribution is -0.140. The van der Waals surface area contributed by atoms with Crippen molar-refractivity contribution in [1.82, 2.24) is 10.2 Å². The number of benzene rings is 2. The van der Waals surface area contributed by atoms with Crippen molar-refractivity contribution in [3.8, 4) is 5.75 Å². The minimum absolute atomic E-state index is 0.00623. The molecular weight excluding hydrogens is 502 g/mol. The lowest BCUT2D eigenvalue weighted by Crippen LogP contribution is -2.49. The first-order chi connectivity index (χ1) is 17.0. The summed E-state index contributed by atoms with van der Waals surface area (Å²) in [6, 6.07) is 13.5. The van der Waals surface area contributed by atoms with Gasteiger partial charge in [-0.3, -0.25) is 13.9 Å². The Bertz CT molecular complexity index is 1130. The number of carbonyl (C=O) groups is 2. The van der Waals surface area contributed by atoms with Crippen molar-refractivity contribution in [2.75, 3.05) is 24.2 Å². The van der Waals surface area contributed by atoms with Gasteiger partial charge in [0, 0.05) is 25.6 Å². The molecule has 0 radical (unpaired) electrons. The SMILES string of the molecule is CC[C@@H](C)NC(=O)[C@@H](C)N(Cc1ccccc1)C(=O)CCCN(c1ccc(OC)c(Cl)c1)S(C)(=O)=O. The Balaban J connectivity index is 2.17. The van der Waals surface area contributed by atoms with E-state index in [4.69, 9.17) is 16.3 Å². The topological polar surface area (TPSA) is 96.0 Å². The van der Waals surface area contributed by atoms with Gasteiger partial charge in [0.25, 0.3) is 0 Å². The van der Waals surface area contributed by atoms with E-state index in [-0.39, 0.29) is 48.8 Å². The predicted octanol–water partition coefficient (Wildman–Crippen LogP) is 4.23. The summed E-state index contributed by atoms with van der Waals surface area (Å²) in [5, 5.41) is 3.22.